The number of carbonyl (C=O) groups excluding carboxylic acids is 3. The van der Waals surface area contributed by atoms with Gasteiger partial charge in [-0.3, -0.25) is 19.7 Å². The van der Waals surface area contributed by atoms with Crippen LogP contribution in [0.15, 0.2) is 10.9 Å². The number of aromatic nitrogens is 2. The molecule has 3 heterocycles. The first-order chi connectivity index (χ1) is 11.1. The Morgan fingerprint density at radius 3 is 2.58 bits per heavy atom. The van der Waals surface area contributed by atoms with Gasteiger partial charge in [0.05, 0.1) is 5.41 Å². The summed E-state index contributed by atoms with van der Waals surface area (Å²) in [6, 6.07) is 1.58. The quantitative estimate of drug-likeness (QED) is 0.700. The zero-order valence-electron chi connectivity index (χ0n) is 13.9. The van der Waals surface area contributed by atoms with Crippen molar-refractivity contribution in [2.45, 2.75) is 39.0 Å². The number of aromatic amines is 1. The molecule has 8 heteroatoms. The molecule has 2 aliphatic rings. The summed E-state index contributed by atoms with van der Waals surface area (Å²) in [5.41, 5.74) is -1.06. The molecule has 0 saturated carbocycles. The van der Waals surface area contributed by atoms with E-state index in [0.29, 0.717) is 18.7 Å². The molecule has 1 aromatic heterocycles. The van der Waals surface area contributed by atoms with E-state index in [9.17, 15) is 19.2 Å². The molecule has 0 aromatic carbocycles. The maximum absolute atomic E-state index is 12.7. The van der Waals surface area contributed by atoms with Crippen LogP contribution in [0.4, 0.5) is 0 Å². The van der Waals surface area contributed by atoms with Crippen LogP contribution in [-0.4, -0.2) is 45.7 Å². The maximum atomic E-state index is 12.7. The van der Waals surface area contributed by atoms with Gasteiger partial charge in [-0.25, -0.2) is 4.79 Å². The lowest BCUT2D eigenvalue weighted by atomic mass is 9.85. The lowest BCUT2D eigenvalue weighted by Gasteiger charge is -2.21. The molecule has 128 valence electrons. The van der Waals surface area contributed by atoms with Crippen LogP contribution >= 0.6 is 0 Å². The highest BCUT2D eigenvalue weighted by Crippen LogP contribution is 2.38. The van der Waals surface area contributed by atoms with Gasteiger partial charge in [0.25, 0.3) is 5.91 Å². The topological polar surface area (TPSA) is 112 Å². The molecule has 24 heavy (non-hydrogen) atoms. The van der Waals surface area contributed by atoms with E-state index in [1.54, 1.807) is 6.07 Å². The molecule has 1 aromatic rings. The Labute approximate surface area is 138 Å². The van der Waals surface area contributed by atoms with Crippen LogP contribution in [0.2, 0.25) is 0 Å². The summed E-state index contributed by atoms with van der Waals surface area (Å²) in [7, 11) is 0. The average molecular weight is 332 g/mol. The third-order valence-electron chi connectivity index (χ3n) is 4.65. The van der Waals surface area contributed by atoms with Gasteiger partial charge in [0, 0.05) is 30.6 Å². The molecule has 8 nitrogen and oxygen atoms in total. The number of nitrogens with zero attached hydrogens (tertiary/aromatic N) is 2. The van der Waals surface area contributed by atoms with E-state index in [4.69, 9.17) is 0 Å². The van der Waals surface area contributed by atoms with Gasteiger partial charge in [0.1, 0.15) is 5.69 Å². The van der Waals surface area contributed by atoms with E-state index in [1.165, 1.54) is 4.90 Å². The van der Waals surface area contributed by atoms with Crippen molar-refractivity contribution < 1.29 is 14.4 Å². The number of H-pyrrole nitrogens is 1. The van der Waals surface area contributed by atoms with E-state index < -0.39 is 17.0 Å². The van der Waals surface area contributed by atoms with Crippen LogP contribution in [0, 0.1) is 5.41 Å². The van der Waals surface area contributed by atoms with Crippen LogP contribution in [0.25, 0.3) is 0 Å². The molecule has 2 saturated heterocycles. The first-order valence-electron chi connectivity index (χ1n) is 7.86. The van der Waals surface area contributed by atoms with Crippen LogP contribution in [0.1, 0.15) is 49.8 Å². The molecule has 3 amide bonds. The minimum absolute atomic E-state index is 0.0606. The smallest absolute Gasteiger partial charge is 0.336 e. The molecule has 2 N–H and O–H groups in total. The zero-order valence-corrected chi connectivity index (χ0v) is 13.9. The van der Waals surface area contributed by atoms with Crippen LogP contribution in [0.3, 0.4) is 0 Å². The zero-order chi connectivity index (χ0) is 17.7. The second-order valence-corrected chi connectivity index (χ2v) is 7.55. The average Bonchev–Trinajstić information content (AvgIpc) is 3.01. The number of hydrogen-bond donors (Lipinski definition) is 2. The highest BCUT2D eigenvalue weighted by atomic mass is 16.2. The lowest BCUT2D eigenvalue weighted by molar-refractivity contribution is -0.128. The number of imide groups is 1. The summed E-state index contributed by atoms with van der Waals surface area (Å²) in [6.07, 6.45) is 0.539. The fourth-order valence-electron chi connectivity index (χ4n) is 3.20. The first-order valence-corrected chi connectivity index (χ1v) is 7.86. The summed E-state index contributed by atoms with van der Waals surface area (Å²) >= 11 is 0. The van der Waals surface area contributed by atoms with Crippen molar-refractivity contribution in [1.82, 2.24) is 20.2 Å². The monoisotopic (exact) mass is 332 g/mol. The van der Waals surface area contributed by atoms with Crippen LogP contribution in [-0.2, 0) is 15.0 Å². The third kappa shape index (κ3) is 2.72. The Morgan fingerprint density at radius 2 is 2.00 bits per heavy atom. The molecule has 0 unspecified atom stereocenters. The van der Waals surface area contributed by atoms with Crippen molar-refractivity contribution >= 4 is 17.7 Å². The predicted octanol–water partition coefficient (Wildman–Crippen LogP) is -0.0538. The van der Waals surface area contributed by atoms with Crippen molar-refractivity contribution in [3.05, 3.63) is 27.9 Å². The van der Waals surface area contributed by atoms with Gasteiger partial charge in [-0.05, 0) is 12.5 Å². The van der Waals surface area contributed by atoms with Crippen molar-refractivity contribution in [2.75, 3.05) is 13.1 Å². The minimum Gasteiger partial charge on any atom is -0.336 e. The molecule has 1 atom stereocenters. The molecule has 0 aliphatic carbocycles. The Kier molecular flexibility index (Phi) is 3.58. The van der Waals surface area contributed by atoms with Crippen molar-refractivity contribution in [3.63, 3.8) is 0 Å². The summed E-state index contributed by atoms with van der Waals surface area (Å²) in [6.45, 7) is 6.30. The number of carbonyl (C=O) groups is 3. The van der Waals surface area contributed by atoms with Crippen LogP contribution < -0.4 is 11.0 Å². The fraction of sp³-hybridized carbons (Fsp3) is 0.562. The Balaban J connectivity index is 1.86. The van der Waals surface area contributed by atoms with E-state index in [0.717, 1.165) is 0 Å². The second kappa shape index (κ2) is 5.25. The summed E-state index contributed by atoms with van der Waals surface area (Å²) in [4.78, 5) is 55.9. The van der Waals surface area contributed by atoms with E-state index >= 15 is 0 Å². The molecular weight excluding hydrogens is 312 g/mol. The summed E-state index contributed by atoms with van der Waals surface area (Å²) < 4.78 is 0. The van der Waals surface area contributed by atoms with Crippen molar-refractivity contribution in [3.8, 4) is 0 Å². The van der Waals surface area contributed by atoms with Gasteiger partial charge >= 0.3 is 5.69 Å². The van der Waals surface area contributed by atoms with Gasteiger partial charge < -0.3 is 9.88 Å². The van der Waals surface area contributed by atoms with E-state index in [1.807, 2.05) is 20.8 Å². The maximum Gasteiger partial charge on any atom is 0.345 e. The number of rotatable bonds is 1. The molecule has 0 bridgehead atoms. The summed E-state index contributed by atoms with van der Waals surface area (Å²) in [5, 5.41) is 2.30. The number of nitrogens with one attached hydrogen (secondary N) is 2. The molecule has 1 spiro atoms. The molecule has 0 radical (unpaired) electrons. The van der Waals surface area contributed by atoms with Gasteiger partial charge in [-0.2, -0.15) is 4.98 Å². The number of amides is 3. The van der Waals surface area contributed by atoms with E-state index in [-0.39, 0.29) is 35.9 Å². The summed E-state index contributed by atoms with van der Waals surface area (Å²) in [5.74, 6) is -1.02. The highest BCUT2D eigenvalue weighted by molar-refractivity contribution is 6.06. The standard InChI is InChI=1S/C16H20N4O4/c1-15(2,3)10-6-9(17-14(24)18-10)12(22)20-5-4-16(8-20)7-11(21)19-13(16)23/h6H,4-5,7-8H2,1-3H3,(H,17,18,24)(H,19,21,23)/t16-/m0/s1. The molecule has 3 rings (SSSR count). The van der Waals surface area contributed by atoms with Gasteiger partial charge in [-0.15, -0.1) is 0 Å². The van der Waals surface area contributed by atoms with Gasteiger partial charge in [0.2, 0.25) is 11.8 Å². The first kappa shape index (κ1) is 16.4. The highest BCUT2D eigenvalue weighted by Gasteiger charge is 2.52. The second-order valence-electron chi connectivity index (χ2n) is 7.55. The fourth-order valence-corrected chi connectivity index (χ4v) is 3.20. The molecular formula is C16H20N4O4. The molecule has 2 aliphatic heterocycles. The minimum atomic E-state index is -0.833. The third-order valence-corrected chi connectivity index (χ3v) is 4.65. The van der Waals surface area contributed by atoms with Crippen molar-refractivity contribution in [2.24, 2.45) is 5.41 Å². The predicted molar refractivity (Wildman–Crippen MR) is 84.3 cm³/mol. The Hall–Kier alpha value is -2.51. The Bertz CT molecular complexity index is 792. The van der Waals surface area contributed by atoms with Gasteiger partial charge in [-0.1, -0.05) is 20.8 Å². The van der Waals surface area contributed by atoms with Crippen LogP contribution in [0.5, 0.6) is 0 Å². The lowest BCUT2D eigenvalue weighted by Crippen LogP contribution is -2.37. The number of likely N-dealkylation sites (tertiary alicyclic amines) is 1. The number of hydrogen-bond acceptors (Lipinski definition) is 5. The normalized spacial score (nSPS) is 23.9. The SMILES string of the molecule is CC(C)(C)c1cc(C(=O)N2CC[C@]3(CC(=O)NC3=O)C2)nc(=O)[nH]1. The van der Waals surface area contributed by atoms with Crippen molar-refractivity contribution in [1.29, 1.82) is 0 Å². The Morgan fingerprint density at radius 1 is 1.29 bits per heavy atom. The largest absolute Gasteiger partial charge is 0.345 e. The van der Waals surface area contributed by atoms with Gasteiger partial charge in [0.15, 0.2) is 0 Å². The van der Waals surface area contributed by atoms with E-state index in [2.05, 4.69) is 15.3 Å². The molecule has 2 fully saturated rings.